The highest BCUT2D eigenvalue weighted by atomic mass is 16.4. The van der Waals surface area contributed by atoms with Crippen LogP contribution in [0, 0.1) is 5.41 Å². The summed E-state index contributed by atoms with van der Waals surface area (Å²) >= 11 is 0. The smallest absolute Gasteiger partial charge is 0.348 e. The lowest BCUT2D eigenvalue weighted by atomic mass is 10.0. The molecule has 0 bridgehead atoms. The number of benzene rings is 2. The number of carbonyl (C=O) groups excluding carboxylic acids is 1. The van der Waals surface area contributed by atoms with Crippen molar-refractivity contribution in [3.8, 4) is 5.69 Å². The molecule has 5 N–H and O–H groups in total. The van der Waals surface area contributed by atoms with Crippen molar-refractivity contribution in [1.29, 1.82) is 5.41 Å². The van der Waals surface area contributed by atoms with Crippen molar-refractivity contribution in [3.05, 3.63) is 81.0 Å². The number of carboxylic acids is 1. The van der Waals surface area contributed by atoms with Crippen LogP contribution in [0.25, 0.3) is 17.8 Å². The predicted molar refractivity (Wildman–Crippen MR) is 118 cm³/mol. The van der Waals surface area contributed by atoms with Crippen LogP contribution >= 0.6 is 0 Å². The zero-order valence-electron chi connectivity index (χ0n) is 16.9. The molecule has 3 aromatic rings. The Balaban J connectivity index is 1.70. The third-order valence-electron chi connectivity index (χ3n) is 5.14. The van der Waals surface area contributed by atoms with Crippen molar-refractivity contribution in [1.82, 2.24) is 19.7 Å². The fraction of sp³-hybridized carbons (Fsp3) is 0.136. The molecular weight excluding hydrogens is 412 g/mol. The second kappa shape index (κ2) is 8.34. The summed E-state index contributed by atoms with van der Waals surface area (Å²) in [6.45, 7) is 0.0183. The first-order valence-corrected chi connectivity index (χ1v) is 9.78. The monoisotopic (exact) mass is 432 g/mol. The molecule has 4 rings (SSSR count). The van der Waals surface area contributed by atoms with E-state index in [1.807, 2.05) is 24.3 Å². The maximum Gasteiger partial charge on any atom is 0.348 e. The van der Waals surface area contributed by atoms with Crippen LogP contribution in [0.1, 0.15) is 39.3 Å². The second-order valence-corrected chi connectivity index (χ2v) is 7.30. The summed E-state index contributed by atoms with van der Waals surface area (Å²) in [5.41, 5.74) is 7.91. The molecule has 1 aliphatic heterocycles. The van der Waals surface area contributed by atoms with E-state index in [1.54, 1.807) is 30.3 Å². The molecule has 2 aromatic carbocycles. The van der Waals surface area contributed by atoms with E-state index in [0.717, 1.165) is 11.1 Å². The van der Waals surface area contributed by atoms with Crippen molar-refractivity contribution < 1.29 is 14.7 Å². The summed E-state index contributed by atoms with van der Waals surface area (Å²) in [6, 6.07) is 12.3. The van der Waals surface area contributed by atoms with E-state index >= 15 is 0 Å². The minimum Gasteiger partial charge on any atom is -0.481 e. The van der Waals surface area contributed by atoms with E-state index in [0.29, 0.717) is 17.1 Å². The van der Waals surface area contributed by atoms with E-state index in [-0.39, 0.29) is 36.8 Å². The molecule has 0 radical (unpaired) electrons. The Hall–Kier alpha value is -4.47. The molecule has 32 heavy (non-hydrogen) atoms. The maximum absolute atomic E-state index is 13.2. The van der Waals surface area contributed by atoms with Gasteiger partial charge in [0, 0.05) is 12.1 Å². The Kier molecular flexibility index (Phi) is 5.42. The molecule has 0 saturated carbocycles. The maximum atomic E-state index is 13.2. The van der Waals surface area contributed by atoms with Crippen LogP contribution in [-0.2, 0) is 11.3 Å². The molecule has 0 unspecified atom stereocenters. The van der Waals surface area contributed by atoms with Gasteiger partial charge in [-0.2, -0.15) is 5.10 Å². The zero-order chi connectivity index (χ0) is 22.8. The van der Waals surface area contributed by atoms with Gasteiger partial charge < -0.3 is 15.7 Å². The quantitative estimate of drug-likeness (QED) is 0.262. The van der Waals surface area contributed by atoms with Gasteiger partial charge in [0.15, 0.2) is 5.82 Å². The number of carbonyl (C=O) groups is 2. The first-order chi connectivity index (χ1) is 15.3. The van der Waals surface area contributed by atoms with Crippen molar-refractivity contribution >= 4 is 29.9 Å². The van der Waals surface area contributed by atoms with Crippen LogP contribution in [-0.4, -0.2) is 49.0 Å². The van der Waals surface area contributed by atoms with E-state index in [9.17, 15) is 14.4 Å². The van der Waals surface area contributed by atoms with E-state index in [1.165, 1.54) is 9.47 Å². The molecule has 10 heteroatoms. The van der Waals surface area contributed by atoms with Crippen molar-refractivity contribution in [2.75, 3.05) is 6.54 Å². The molecule has 0 aliphatic carbocycles. The number of rotatable bonds is 6. The second-order valence-electron chi connectivity index (χ2n) is 7.30. The topological polar surface area (TPSA) is 158 Å². The normalized spacial score (nSPS) is 13.0. The van der Waals surface area contributed by atoms with Gasteiger partial charge in [-0.05, 0) is 23.3 Å². The lowest BCUT2D eigenvalue weighted by molar-refractivity contribution is -0.137. The Bertz CT molecular complexity index is 1300. The summed E-state index contributed by atoms with van der Waals surface area (Å²) in [4.78, 5) is 37.9. The van der Waals surface area contributed by atoms with Gasteiger partial charge in [0.05, 0.1) is 24.2 Å². The Morgan fingerprint density at radius 2 is 1.84 bits per heavy atom. The minimum absolute atomic E-state index is 0.00276. The number of H-pyrrole nitrogens is 1. The molecule has 1 amide bonds. The van der Waals surface area contributed by atoms with Crippen LogP contribution in [0.2, 0.25) is 0 Å². The number of amidine groups is 1. The fourth-order valence-electron chi connectivity index (χ4n) is 3.50. The summed E-state index contributed by atoms with van der Waals surface area (Å²) in [5, 5.41) is 22.9. The van der Waals surface area contributed by atoms with Gasteiger partial charge in [-0.3, -0.25) is 15.0 Å². The van der Waals surface area contributed by atoms with Crippen LogP contribution in [0.5, 0.6) is 0 Å². The van der Waals surface area contributed by atoms with Crippen LogP contribution in [0.15, 0.2) is 47.3 Å². The Morgan fingerprint density at radius 1 is 1.16 bits per heavy atom. The number of nitrogens with zero attached hydrogens (tertiary/aromatic N) is 3. The van der Waals surface area contributed by atoms with Gasteiger partial charge in [-0.15, -0.1) is 0 Å². The van der Waals surface area contributed by atoms with Gasteiger partial charge in [-0.25, -0.2) is 14.5 Å². The summed E-state index contributed by atoms with van der Waals surface area (Å²) in [7, 11) is 0. The number of nitrogens with two attached hydrogens (primary N) is 1. The highest BCUT2D eigenvalue weighted by Gasteiger charge is 2.28. The van der Waals surface area contributed by atoms with E-state index in [4.69, 9.17) is 16.2 Å². The van der Waals surface area contributed by atoms with E-state index in [2.05, 4.69) is 10.2 Å². The summed E-state index contributed by atoms with van der Waals surface area (Å²) in [5.74, 6) is -1.06. The van der Waals surface area contributed by atoms with Crippen molar-refractivity contribution in [2.24, 2.45) is 5.73 Å². The zero-order valence-corrected chi connectivity index (χ0v) is 16.9. The Labute approximate surface area is 182 Å². The van der Waals surface area contributed by atoms with Crippen LogP contribution < -0.4 is 11.4 Å². The first kappa shape index (κ1) is 20.8. The molecule has 10 nitrogen and oxygen atoms in total. The number of hydrogen-bond donors (Lipinski definition) is 4. The SMILES string of the molecule is N=C(N)c1ccc(C=Cc2ccc3c(c2)C(=O)N(CCC(=O)O)Cc2n[nH]c(=O)n2-3)cc1. The molecule has 0 spiro atoms. The van der Waals surface area contributed by atoms with Gasteiger partial charge >= 0.3 is 11.7 Å². The molecule has 0 atom stereocenters. The van der Waals surface area contributed by atoms with Gasteiger partial charge in [0.2, 0.25) is 0 Å². The summed E-state index contributed by atoms with van der Waals surface area (Å²) in [6.07, 6.45) is 3.46. The van der Waals surface area contributed by atoms with Gasteiger partial charge in [0.1, 0.15) is 5.84 Å². The van der Waals surface area contributed by atoms with Crippen molar-refractivity contribution in [3.63, 3.8) is 0 Å². The average Bonchev–Trinajstić information content (AvgIpc) is 3.08. The molecule has 0 fully saturated rings. The van der Waals surface area contributed by atoms with Crippen LogP contribution in [0.4, 0.5) is 0 Å². The van der Waals surface area contributed by atoms with Gasteiger partial charge in [-0.1, -0.05) is 42.5 Å². The molecule has 2 heterocycles. The van der Waals surface area contributed by atoms with Crippen molar-refractivity contribution in [2.45, 2.75) is 13.0 Å². The number of fused-ring (bicyclic) bond motifs is 3. The van der Waals surface area contributed by atoms with Crippen LogP contribution in [0.3, 0.4) is 0 Å². The largest absolute Gasteiger partial charge is 0.481 e. The lowest BCUT2D eigenvalue weighted by Gasteiger charge is -2.19. The number of aromatic amines is 1. The first-order valence-electron chi connectivity index (χ1n) is 9.78. The standard InChI is InChI=1S/C22H20N6O4/c23-20(24)15-6-3-13(4-7-15)1-2-14-5-8-17-16(11-14)21(31)27(10-9-19(29)30)12-18-25-26-22(32)28(17)18/h1-8,11H,9-10,12H2,(H3,23,24)(H,26,32)(H,29,30). The number of nitrogens with one attached hydrogen (secondary N) is 2. The number of aromatic nitrogens is 3. The third-order valence-corrected chi connectivity index (χ3v) is 5.14. The predicted octanol–water partition coefficient (Wildman–Crippen LogP) is 1.45. The molecular formula is C22H20N6O4. The Morgan fingerprint density at radius 3 is 2.53 bits per heavy atom. The highest BCUT2D eigenvalue weighted by Crippen LogP contribution is 2.24. The lowest BCUT2D eigenvalue weighted by Crippen LogP contribution is -2.32. The molecule has 1 aliphatic rings. The van der Waals surface area contributed by atoms with Gasteiger partial charge in [0.25, 0.3) is 5.91 Å². The average molecular weight is 432 g/mol. The fourth-order valence-corrected chi connectivity index (χ4v) is 3.50. The highest BCUT2D eigenvalue weighted by molar-refractivity contribution is 5.99. The number of nitrogen functional groups attached to an aromatic ring is 1. The van der Waals surface area contributed by atoms with E-state index < -0.39 is 11.7 Å². The summed E-state index contributed by atoms with van der Waals surface area (Å²) < 4.78 is 1.34. The number of carboxylic acid groups (broad SMARTS) is 1. The number of aliphatic carboxylic acids is 1. The molecule has 162 valence electrons. The number of hydrogen-bond acceptors (Lipinski definition) is 5. The molecule has 0 saturated heterocycles. The number of amides is 1. The minimum atomic E-state index is -1.02. The molecule has 1 aromatic heterocycles. The third kappa shape index (κ3) is 4.06.